The Morgan fingerprint density at radius 1 is 1.69 bits per heavy atom. The molecular formula is C7H11N3O3. The number of hydrogen-bond acceptors (Lipinski definition) is 5. The minimum Gasteiger partial charge on any atom is -0.394 e. The smallest absolute Gasteiger partial charge is 0.274 e. The first kappa shape index (κ1) is 9.69. The van der Waals surface area contributed by atoms with Crippen LogP contribution >= 0.6 is 0 Å². The van der Waals surface area contributed by atoms with Crippen LogP contribution in [0.1, 0.15) is 0 Å². The number of rotatable bonds is 4. The molecule has 0 bridgehead atoms. The number of aliphatic hydroxyl groups is 1. The average Bonchev–Trinajstić information content (AvgIpc) is 2.09. The van der Waals surface area contributed by atoms with Crippen LogP contribution in [0.15, 0.2) is 17.1 Å². The van der Waals surface area contributed by atoms with Gasteiger partial charge in [0.25, 0.3) is 5.56 Å². The van der Waals surface area contributed by atoms with E-state index in [2.05, 4.69) is 4.98 Å². The summed E-state index contributed by atoms with van der Waals surface area (Å²) >= 11 is 0. The van der Waals surface area contributed by atoms with Gasteiger partial charge in [-0.05, 0) is 0 Å². The summed E-state index contributed by atoms with van der Waals surface area (Å²) in [5.74, 6) is 0.102. The van der Waals surface area contributed by atoms with Crippen molar-refractivity contribution in [1.29, 1.82) is 0 Å². The van der Waals surface area contributed by atoms with Crippen molar-refractivity contribution in [3.05, 3.63) is 22.6 Å². The van der Waals surface area contributed by atoms with Crippen molar-refractivity contribution in [3.8, 4) is 0 Å². The maximum atomic E-state index is 10.7. The van der Waals surface area contributed by atoms with Crippen LogP contribution in [0.5, 0.6) is 0 Å². The predicted molar refractivity (Wildman–Crippen MR) is 45.9 cm³/mol. The fourth-order valence-electron chi connectivity index (χ4n) is 0.781. The van der Waals surface area contributed by atoms with Gasteiger partial charge in [0.05, 0.1) is 13.2 Å². The highest BCUT2D eigenvalue weighted by molar-refractivity contribution is 5.15. The Hall–Kier alpha value is -1.40. The molecule has 13 heavy (non-hydrogen) atoms. The van der Waals surface area contributed by atoms with Gasteiger partial charge in [-0.1, -0.05) is 0 Å². The van der Waals surface area contributed by atoms with Crippen LogP contribution in [0, 0.1) is 0 Å². The maximum Gasteiger partial charge on any atom is 0.274 e. The summed E-state index contributed by atoms with van der Waals surface area (Å²) in [6.07, 6.45) is 1.49. The molecule has 0 saturated carbocycles. The van der Waals surface area contributed by atoms with E-state index in [-0.39, 0.29) is 31.5 Å². The Kier molecular flexibility index (Phi) is 3.41. The van der Waals surface area contributed by atoms with Crippen LogP contribution in [-0.2, 0) is 11.5 Å². The maximum absolute atomic E-state index is 10.7. The molecular weight excluding hydrogens is 174 g/mol. The van der Waals surface area contributed by atoms with Gasteiger partial charge in [0.1, 0.15) is 6.73 Å². The summed E-state index contributed by atoms with van der Waals surface area (Å²) in [5, 5.41) is 8.43. The molecule has 6 heteroatoms. The van der Waals surface area contributed by atoms with Gasteiger partial charge in [0, 0.05) is 12.3 Å². The fraction of sp³-hybridized carbons (Fsp3) is 0.429. The second kappa shape index (κ2) is 4.58. The molecule has 0 aliphatic rings. The standard InChI is InChI=1S/C7H11N3O3/c8-7-9-6(12)1-2-10(7)5-13-4-3-11/h1-2,11H,3-5H2,(H2,8,9,12). The molecule has 0 spiro atoms. The average molecular weight is 185 g/mol. The van der Waals surface area contributed by atoms with Crippen molar-refractivity contribution in [2.24, 2.45) is 0 Å². The topological polar surface area (TPSA) is 90.4 Å². The molecule has 6 nitrogen and oxygen atoms in total. The summed E-state index contributed by atoms with van der Waals surface area (Å²) in [5.41, 5.74) is 5.03. The zero-order valence-electron chi connectivity index (χ0n) is 7.01. The van der Waals surface area contributed by atoms with E-state index in [4.69, 9.17) is 15.6 Å². The first-order valence-electron chi connectivity index (χ1n) is 3.75. The van der Waals surface area contributed by atoms with E-state index in [0.29, 0.717) is 0 Å². The number of aromatic nitrogens is 2. The van der Waals surface area contributed by atoms with E-state index < -0.39 is 0 Å². The third kappa shape index (κ3) is 2.85. The third-order valence-corrected chi connectivity index (χ3v) is 1.38. The lowest BCUT2D eigenvalue weighted by molar-refractivity contribution is 0.0486. The molecule has 1 rings (SSSR count). The Bertz CT molecular complexity index is 323. The van der Waals surface area contributed by atoms with Crippen molar-refractivity contribution in [2.45, 2.75) is 6.73 Å². The number of aliphatic hydroxyl groups excluding tert-OH is 1. The summed E-state index contributed by atoms with van der Waals surface area (Å²) in [7, 11) is 0. The van der Waals surface area contributed by atoms with Crippen LogP contribution in [0.2, 0.25) is 0 Å². The first-order chi connectivity index (χ1) is 6.24. The lowest BCUT2D eigenvalue weighted by atomic mass is 10.6. The highest BCUT2D eigenvalue weighted by atomic mass is 16.5. The Morgan fingerprint density at radius 3 is 3.08 bits per heavy atom. The molecule has 0 aromatic carbocycles. The number of anilines is 1. The van der Waals surface area contributed by atoms with Crippen molar-refractivity contribution in [1.82, 2.24) is 9.55 Å². The van der Waals surface area contributed by atoms with Crippen LogP contribution in [0.4, 0.5) is 5.95 Å². The molecule has 3 N–H and O–H groups in total. The molecule has 72 valence electrons. The van der Waals surface area contributed by atoms with E-state index in [1.807, 2.05) is 0 Å². The molecule has 0 amide bonds. The van der Waals surface area contributed by atoms with Gasteiger partial charge in [-0.25, -0.2) is 0 Å². The van der Waals surface area contributed by atoms with Crippen molar-refractivity contribution in [2.75, 3.05) is 18.9 Å². The zero-order chi connectivity index (χ0) is 9.68. The predicted octanol–water partition coefficient (Wildman–Crippen LogP) is -1.21. The van der Waals surface area contributed by atoms with Gasteiger partial charge in [0.15, 0.2) is 0 Å². The molecule has 0 fully saturated rings. The largest absolute Gasteiger partial charge is 0.394 e. The summed E-state index contributed by atoms with van der Waals surface area (Å²) < 4.78 is 6.45. The van der Waals surface area contributed by atoms with Crippen LogP contribution < -0.4 is 11.3 Å². The monoisotopic (exact) mass is 185 g/mol. The van der Waals surface area contributed by atoms with Crippen molar-refractivity contribution >= 4 is 5.95 Å². The Labute approximate surface area is 74.6 Å². The fourth-order valence-corrected chi connectivity index (χ4v) is 0.781. The van der Waals surface area contributed by atoms with Gasteiger partial charge < -0.3 is 15.6 Å². The molecule has 0 atom stereocenters. The summed E-state index contributed by atoms with van der Waals surface area (Å²) in [4.78, 5) is 14.2. The first-order valence-corrected chi connectivity index (χ1v) is 3.75. The highest BCUT2D eigenvalue weighted by Crippen LogP contribution is 1.94. The molecule has 0 radical (unpaired) electrons. The third-order valence-electron chi connectivity index (χ3n) is 1.38. The van der Waals surface area contributed by atoms with Gasteiger partial charge >= 0.3 is 0 Å². The summed E-state index contributed by atoms with van der Waals surface area (Å²) in [6.45, 7) is 0.360. The molecule has 0 aliphatic carbocycles. The Balaban J connectivity index is 2.61. The molecule has 1 heterocycles. The zero-order valence-corrected chi connectivity index (χ0v) is 7.01. The van der Waals surface area contributed by atoms with E-state index in [9.17, 15) is 4.79 Å². The van der Waals surface area contributed by atoms with Crippen molar-refractivity contribution < 1.29 is 9.84 Å². The number of nitrogen functional groups attached to an aromatic ring is 1. The normalized spacial score (nSPS) is 10.2. The van der Waals surface area contributed by atoms with Crippen molar-refractivity contribution in [3.63, 3.8) is 0 Å². The van der Waals surface area contributed by atoms with Gasteiger partial charge in [-0.2, -0.15) is 4.98 Å². The van der Waals surface area contributed by atoms with Gasteiger partial charge in [0.2, 0.25) is 5.95 Å². The quantitative estimate of drug-likeness (QED) is 0.574. The van der Waals surface area contributed by atoms with E-state index in [1.165, 1.54) is 16.8 Å². The SMILES string of the molecule is Nc1nc(=O)ccn1COCCO. The van der Waals surface area contributed by atoms with Gasteiger partial charge in [-0.3, -0.25) is 9.36 Å². The number of nitrogens with two attached hydrogens (primary N) is 1. The molecule has 0 aliphatic heterocycles. The number of nitrogens with zero attached hydrogens (tertiary/aromatic N) is 2. The molecule has 0 saturated heterocycles. The molecule has 1 aromatic heterocycles. The molecule has 0 unspecified atom stereocenters. The Morgan fingerprint density at radius 2 is 2.46 bits per heavy atom. The second-order valence-corrected chi connectivity index (χ2v) is 2.35. The lowest BCUT2D eigenvalue weighted by Crippen LogP contribution is -2.17. The highest BCUT2D eigenvalue weighted by Gasteiger charge is 1.96. The minimum atomic E-state index is -0.379. The number of hydrogen-bond donors (Lipinski definition) is 2. The number of ether oxygens (including phenoxy) is 1. The summed E-state index contributed by atoms with van der Waals surface area (Å²) in [6, 6.07) is 1.29. The minimum absolute atomic E-state index is 0.0481. The van der Waals surface area contributed by atoms with E-state index in [1.54, 1.807) is 0 Å². The van der Waals surface area contributed by atoms with Crippen LogP contribution in [0.25, 0.3) is 0 Å². The van der Waals surface area contributed by atoms with E-state index in [0.717, 1.165) is 0 Å². The van der Waals surface area contributed by atoms with Crippen LogP contribution in [-0.4, -0.2) is 27.9 Å². The van der Waals surface area contributed by atoms with Crippen LogP contribution in [0.3, 0.4) is 0 Å². The second-order valence-electron chi connectivity index (χ2n) is 2.35. The van der Waals surface area contributed by atoms with E-state index >= 15 is 0 Å². The lowest BCUT2D eigenvalue weighted by Gasteiger charge is -2.07. The van der Waals surface area contributed by atoms with Gasteiger partial charge in [-0.15, -0.1) is 0 Å². The molecule has 1 aromatic rings.